The van der Waals surface area contributed by atoms with Crippen LogP contribution >= 0.6 is 0 Å². The number of carbonyl (C=O) groups excluding carboxylic acids is 1. The number of rotatable bonds is 3. The zero-order valence-corrected chi connectivity index (χ0v) is 17.0. The fourth-order valence-corrected chi connectivity index (χ4v) is 4.76. The third kappa shape index (κ3) is 3.95. The fraction of sp³-hybridized carbons (Fsp3) is 0.474. The van der Waals surface area contributed by atoms with Crippen LogP contribution in [-0.2, 0) is 23.0 Å². The Kier molecular flexibility index (Phi) is 5.22. The minimum Gasteiger partial charge on any atom is -0.328 e. The Bertz CT molecular complexity index is 1080. The smallest absolute Gasteiger partial charge is 0.256 e. The summed E-state index contributed by atoms with van der Waals surface area (Å²) >= 11 is 0. The number of H-pyrrole nitrogens is 1. The molecule has 0 spiro atoms. The summed E-state index contributed by atoms with van der Waals surface area (Å²) in [5, 5.41) is 0. The summed E-state index contributed by atoms with van der Waals surface area (Å²) in [6, 6.07) is 3.13. The largest absolute Gasteiger partial charge is 0.328 e. The molecule has 0 aliphatic carbocycles. The van der Waals surface area contributed by atoms with Gasteiger partial charge in [-0.2, -0.15) is 4.31 Å². The highest BCUT2D eigenvalue weighted by Gasteiger charge is 2.33. The van der Waals surface area contributed by atoms with Crippen molar-refractivity contribution in [1.82, 2.24) is 24.2 Å². The van der Waals surface area contributed by atoms with Gasteiger partial charge < -0.3 is 9.88 Å². The molecule has 1 fully saturated rings. The van der Waals surface area contributed by atoms with Crippen molar-refractivity contribution in [3.8, 4) is 0 Å². The minimum atomic E-state index is -3.37. The molecule has 9 nitrogen and oxygen atoms in total. The van der Waals surface area contributed by atoms with E-state index in [0.717, 1.165) is 19.1 Å². The highest BCUT2D eigenvalue weighted by atomic mass is 32.2. The number of nitrogens with one attached hydrogen (secondary N) is 1. The minimum absolute atomic E-state index is 0.0276. The van der Waals surface area contributed by atoms with E-state index in [2.05, 4.69) is 15.0 Å². The van der Waals surface area contributed by atoms with Gasteiger partial charge in [0.25, 0.3) is 11.5 Å². The van der Waals surface area contributed by atoms with Gasteiger partial charge in [-0.25, -0.2) is 13.4 Å². The number of amides is 1. The Morgan fingerprint density at radius 2 is 2.10 bits per heavy atom. The number of fused-ring (bicyclic) bond motifs is 1. The lowest BCUT2D eigenvalue weighted by Crippen LogP contribution is -2.42. The zero-order valence-electron chi connectivity index (χ0n) is 16.2. The lowest BCUT2D eigenvalue weighted by molar-refractivity contribution is 0.0598. The van der Waals surface area contributed by atoms with Crippen molar-refractivity contribution >= 4 is 15.9 Å². The first kappa shape index (κ1) is 19.7. The highest BCUT2D eigenvalue weighted by Crippen LogP contribution is 2.30. The quantitative estimate of drug-likeness (QED) is 0.791. The molecule has 4 rings (SSSR count). The van der Waals surface area contributed by atoms with E-state index >= 15 is 0 Å². The van der Waals surface area contributed by atoms with E-state index < -0.39 is 10.0 Å². The van der Waals surface area contributed by atoms with E-state index in [1.165, 1.54) is 10.5 Å². The number of sulfonamides is 1. The van der Waals surface area contributed by atoms with E-state index in [9.17, 15) is 18.0 Å². The van der Waals surface area contributed by atoms with E-state index in [-0.39, 0.29) is 24.1 Å². The van der Waals surface area contributed by atoms with Crippen LogP contribution in [-0.4, -0.2) is 57.8 Å². The molecule has 1 amide bonds. The van der Waals surface area contributed by atoms with Gasteiger partial charge in [-0.3, -0.25) is 14.6 Å². The van der Waals surface area contributed by atoms with Crippen LogP contribution in [0.1, 0.15) is 52.7 Å². The number of hydrogen-bond acceptors (Lipinski definition) is 6. The van der Waals surface area contributed by atoms with Gasteiger partial charge in [0.15, 0.2) is 0 Å². The number of piperidine rings is 1. The first-order valence-corrected chi connectivity index (χ1v) is 11.5. The Morgan fingerprint density at radius 1 is 1.28 bits per heavy atom. The standard InChI is InChI=1S/C19H23N5O4S/c1-29(27,28)23-10-7-15-14(12-23)18(25)22-17(21-15)16-6-2-3-9-24(16)19(26)13-5-4-8-20-11-13/h4-5,8,11,16H,2-3,6-7,9-10,12H2,1H3,(H,21,22,25)/t16-/m0/s1. The molecule has 1 atom stereocenters. The molecule has 0 bridgehead atoms. The third-order valence-electron chi connectivity index (χ3n) is 5.51. The van der Waals surface area contributed by atoms with Gasteiger partial charge in [0.2, 0.25) is 10.0 Å². The first-order chi connectivity index (χ1) is 13.8. The molecule has 10 heteroatoms. The zero-order chi connectivity index (χ0) is 20.6. The van der Waals surface area contributed by atoms with Crippen molar-refractivity contribution in [3.63, 3.8) is 0 Å². The van der Waals surface area contributed by atoms with E-state index in [0.29, 0.717) is 48.6 Å². The van der Waals surface area contributed by atoms with Crippen LogP contribution < -0.4 is 5.56 Å². The number of aromatic amines is 1. The molecular formula is C19H23N5O4S. The molecule has 1 saturated heterocycles. The van der Waals surface area contributed by atoms with Crippen molar-refractivity contribution in [2.75, 3.05) is 19.3 Å². The van der Waals surface area contributed by atoms with Crippen molar-refractivity contribution < 1.29 is 13.2 Å². The monoisotopic (exact) mass is 417 g/mol. The van der Waals surface area contributed by atoms with Crippen molar-refractivity contribution in [1.29, 1.82) is 0 Å². The normalized spacial score (nSPS) is 20.3. The van der Waals surface area contributed by atoms with Crippen molar-refractivity contribution in [2.24, 2.45) is 0 Å². The summed E-state index contributed by atoms with van der Waals surface area (Å²) in [7, 11) is -3.37. The number of likely N-dealkylation sites (tertiary alicyclic amines) is 1. The molecular weight excluding hydrogens is 394 g/mol. The molecule has 0 aromatic carbocycles. The van der Waals surface area contributed by atoms with Gasteiger partial charge in [-0.1, -0.05) is 0 Å². The predicted molar refractivity (Wildman–Crippen MR) is 106 cm³/mol. The summed E-state index contributed by atoms with van der Waals surface area (Å²) in [4.78, 5) is 39.0. The van der Waals surface area contributed by atoms with Gasteiger partial charge in [-0.05, 0) is 31.4 Å². The maximum Gasteiger partial charge on any atom is 0.256 e. The summed E-state index contributed by atoms with van der Waals surface area (Å²) in [5.41, 5.74) is 1.16. The average Bonchev–Trinajstić information content (AvgIpc) is 2.73. The van der Waals surface area contributed by atoms with Gasteiger partial charge in [0.1, 0.15) is 5.82 Å². The molecule has 4 heterocycles. The van der Waals surface area contributed by atoms with E-state index in [1.54, 1.807) is 23.2 Å². The number of carbonyl (C=O) groups is 1. The lowest BCUT2D eigenvalue weighted by Gasteiger charge is -2.35. The SMILES string of the molecule is CS(=O)(=O)N1CCc2nc([C@@H]3CCCCN3C(=O)c3cccnc3)[nH]c(=O)c2C1. The van der Waals surface area contributed by atoms with Crippen LogP contribution in [0.3, 0.4) is 0 Å². The molecule has 29 heavy (non-hydrogen) atoms. The van der Waals surface area contributed by atoms with Gasteiger partial charge in [0.05, 0.1) is 29.1 Å². The number of pyridine rings is 1. The second kappa shape index (κ2) is 7.68. The third-order valence-corrected chi connectivity index (χ3v) is 6.76. The molecule has 1 N–H and O–H groups in total. The van der Waals surface area contributed by atoms with Gasteiger partial charge >= 0.3 is 0 Å². The van der Waals surface area contributed by atoms with Crippen LogP contribution in [0.25, 0.3) is 0 Å². The molecule has 2 aromatic heterocycles. The summed E-state index contributed by atoms with van der Waals surface area (Å²) in [5.74, 6) is 0.338. The van der Waals surface area contributed by atoms with Crippen LogP contribution in [0, 0.1) is 0 Å². The fourth-order valence-electron chi connectivity index (χ4n) is 3.97. The predicted octanol–water partition coefficient (Wildman–Crippen LogP) is 0.850. The van der Waals surface area contributed by atoms with Crippen molar-refractivity contribution in [3.05, 3.63) is 57.5 Å². The van der Waals surface area contributed by atoms with Crippen LogP contribution in [0.5, 0.6) is 0 Å². The topological polar surface area (TPSA) is 116 Å². The lowest BCUT2D eigenvalue weighted by atomic mass is 9.99. The van der Waals surface area contributed by atoms with E-state index in [4.69, 9.17) is 0 Å². The molecule has 2 aliphatic rings. The second-order valence-corrected chi connectivity index (χ2v) is 9.46. The number of nitrogens with zero attached hydrogens (tertiary/aromatic N) is 4. The highest BCUT2D eigenvalue weighted by molar-refractivity contribution is 7.88. The first-order valence-electron chi connectivity index (χ1n) is 9.62. The average molecular weight is 417 g/mol. The Labute approximate surface area is 168 Å². The molecule has 2 aliphatic heterocycles. The van der Waals surface area contributed by atoms with Crippen LogP contribution in [0.2, 0.25) is 0 Å². The molecule has 0 unspecified atom stereocenters. The Hall–Kier alpha value is -2.59. The maximum absolute atomic E-state index is 13.0. The van der Waals surface area contributed by atoms with Gasteiger partial charge in [0, 0.05) is 38.4 Å². The second-order valence-electron chi connectivity index (χ2n) is 7.47. The summed E-state index contributed by atoms with van der Waals surface area (Å²) in [6.07, 6.45) is 7.21. The number of aromatic nitrogens is 3. The number of hydrogen-bond donors (Lipinski definition) is 1. The van der Waals surface area contributed by atoms with Crippen LogP contribution in [0.4, 0.5) is 0 Å². The maximum atomic E-state index is 13.0. The Balaban J connectivity index is 1.66. The summed E-state index contributed by atoms with van der Waals surface area (Å²) in [6.45, 7) is 0.908. The Morgan fingerprint density at radius 3 is 2.83 bits per heavy atom. The van der Waals surface area contributed by atoms with E-state index in [1.807, 2.05) is 0 Å². The molecule has 0 saturated carbocycles. The molecule has 0 radical (unpaired) electrons. The summed E-state index contributed by atoms with van der Waals surface area (Å²) < 4.78 is 24.9. The van der Waals surface area contributed by atoms with Crippen molar-refractivity contribution in [2.45, 2.75) is 38.3 Å². The van der Waals surface area contributed by atoms with Crippen LogP contribution in [0.15, 0.2) is 29.3 Å². The molecule has 154 valence electrons. The molecule has 2 aromatic rings. The van der Waals surface area contributed by atoms with Gasteiger partial charge in [-0.15, -0.1) is 0 Å².